The van der Waals surface area contributed by atoms with E-state index in [-0.39, 0.29) is 0 Å². The summed E-state index contributed by atoms with van der Waals surface area (Å²) in [5, 5.41) is 0. The smallest absolute Gasteiger partial charge is 0.226 e. The topological polar surface area (TPSA) is 22.1 Å². The second-order valence-electron chi connectivity index (χ2n) is 1.64. The van der Waals surface area contributed by atoms with E-state index in [2.05, 4.69) is 43.5 Å². The fourth-order valence-corrected chi connectivity index (χ4v) is 2.01. The molecule has 0 spiro atoms. The summed E-state index contributed by atoms with van der Waals surface area (Å²) in [4.78, 5) is 4.02. The van der Waals surface area contributed by atoms with Crippen molar-refractivity contribution in [1.82, 2.24) is 4.98 Å². The Morgan fingerprint density at radius 1 is 1.70 bits per heavy atom. The van der Waals surface area contributed by atoms with Gasteiger partial charge in [-0.1, -0.05) is 0 Å². The molecule has 1 aromatic rings. The van der Waals surface area contributed by atoms with E-state index in [0.29, 0.717) is 5.88 Å². The molecule has 0 saturated heterocycles. The molecule has 2 nitrogen and oxygen atoms in total. The lowest BCUT2D eigenvalue weighted by atomic mass is 10.5. The summed E-state index contributed by atoms with van der Waals surface area (Å²) in [6.07, 6.45) is 1.71. The van der Waals surface area contributed by atoms with Crippen molar-refractivity contribution in [3.63, 3.8) is 0 Å². The van der Waals surface area contributed by atoms with Gasteiger partial charge in [0.15, 0.2) is 0 Å². The van der Waals surface area contributed by atoms with Crippen molar-refractivity contribution in [1.29, 1.82) is 0 Å². The normalized spacial score (nSPS) is 9.50. The molecule has 1 heterocycles. The molecule has 1 aromatic heterocycles. The van der Waals surface area contributed by atoms with Crippen LogP contribution in [0.25, 0.3) is 0 Å². The summed E-state index contributed by atoms with van der Waals surface area (Å²) in [5.74, 6) is 0.670. The standard InChI is InChI=1S/C6H5BrINO/c1-10-6-5(8)2-4(7)3-9-6/h2-3H,1H3. The van der Waals surface area contributed by atoms with Crippen LogP contribution in [0.3, 0.4) is 0 Å². The Hall–Kier alpha value is 0.160. The predicted molar refractivity (Wildman–Crippen MR) is 51.2 cm³/mol. The van der Waals surface area contributed by atoms with Crippen LogP contribution in [0, 0.1) is 3.57 Å². The highest BCUT2D eigenvalue weighted by Gasteiger charge is 1.99. The van der Waals surface area contributed by atoms with Crippen LogP contribution in [0.15, 0.2) is 16.7 Å². The van der Waals surface area contributed by atoms with Crippen molar-refractivity contribution >= 4 is 38.5 Å². The van der Waals surface area contributed by atoms with Gasteiger partial charge in [0.05, 0.1) is 10.7 Å². The third kappa shape index (κ3) is 1.82. The Bertz CT molecular complexity index is 241. The Morgan fingerprint density at radius 3 is 2.90 bits per heavy atom. The summed E-state index contributed by atoms with van der Waals surface area (Å²) < 4.78 is 6.94. The van der Waals surface area contributed by atoms with Gasteiger partial charge in [-0.3, -0.25) is 0 Å². The van der Waals surface area contributed by atoms with E-state index in [1.165, 1.54) is 0 Å². The third-order valence-electron chi connectivity index (χ3n) is 0.967. The number of pyridine rings is 1. The zero-order valence-corrected chi connectivity index (χ0v) is 9.01. The first-order valence-corrected chi connectivity index (χ1v) is 4.46. The molecule has 1 rings (SSSR count). The average molecular weight is 314 g/mol. The van der Waals surface area contributed by atoms with Gasteiger partial charge in [-0.05, 0) is 44.6 Å². The molecule has 4 heteroatoms. The Balaban J connectivity index is 3.07. The second kappa shape index (κ2) is 3.52. The number of hydrogen-bond donors (Lipinski definition) is 0. The van der Waals surface area contributed by atoms with Gasteiger partial charge in [-0.2, -0.15) is 0 Å². The lowest BCUT2D eigenvalue weighted by Crippen LogP contribution is -1.89. The van der Waals surface area contributed by atoms with Gasteiger partial charge in [0.25, 0.3) is 0 Å². The molecule has 0 aliphatic rings. The molecule has 0 saturated carbocycles. The molecule has 0 radical (unpaired) electrons. The van der Waals surface area contributed by atoms with Crippen LogP contribution in [0.1, 0.15) is 0 Å². The third-order valence-corrected chi connectivity index (χ3v) is 2.17. The summed E-state index contributed by atoms with van der Waals surface area (Å²) in [7, 11) is 1.61. The number of nitrogens with zero attached hydrogens (tertiary/aromatic N) is 1. The van der Waals surface area contributed by atoms with E-state index in [1.54, 1.807) is 13.3 Å². The highest BCUT2D eigenvalue weighted by atomic mass is 127. The first kappa shape index (κ1) is 8.26. The quantitative estimate of drug-likeness (QED) is 0.743. The van der Waals surface area contributed by atoms with Crippen molar-refractivity contribution in [2.45, 2.75) is 0 Å². The van der Waals surface area contributed by atoms with Crippen LogP contribution >= 0.6 is 38.5 Å². The van der Waals surface area contributed by atoms with Crippen molar-refractivity contribution in [2.75, 3.05) is 7.11 Å². The van der Waals surface area contributed by atoms with Crippen molar-refractivity contribution in [2.24, 2.45) is 0 Å². The summed E-state index contributed by atoms with van der Waals surface area (Å²) in [6.45, 7) is 0. The summed E-state index contributed by atoms with van der Waals surface area (Å²) in [6, 6.07) is 1.95. The molecule has 54 valence electrons. The highest BCUT2D eigenvalue weighted by molar-refractivity contribution is 14.1. The number of halogens is 2. The van der Waals surface area contributed by atoms with Gasteiger partial charge in [0.2, 0.25) is 5.88 Å². The van der Waals surface area contributed by atoms with Gasteiger partial charge in [-0.15, -0.1) is 0 Å². The molecule has 0 aromatic carbocycles. The van der Waals surface area contributed by atoms with Crippen molar-refractivity contribution < 1.29 is 4.74 Å². The minimum Gasteiger partial charge on any atom is -0.480 e. The van der Waals surface area contributed by atoms with Crippen LogP contribution in [-0.4, -0.2) is 12.1 Å². The van der Waals surface area contributed by atoms with E-state index < -0.39 is 0 Å². The molecule has 0 N–H and O–H groups in total. The molecule has 0 bridgehead atoms. The minimum atomic E-state index is 0.670. The van der Waals surface area contributed by atoms with Gasteiger partial charge >= 0.3 is 0 Å². The number of methoxy groups -OCH3 is 1. The van der Waals surface area contributed by atoms with E-state index in [4.69, 9.17) is 4.74 Å². The Kier molecular flexibility index (Phi) is 2.91. The van der Waals surface area contributed by atoms with Gasteiger partial charge in [0, 0.05) is 10.7 Å². The van der Waals surface area contributed by atoms with Gasteiger partial charge in [-0.25, -0.2) is 4.98 Å². The first-order valence-electron chi connectivity index (χ1n) is 2.59. The molecule has 0 fully saturated rings. The second-order valence-corrected chi connectivity index (χ2v) is 3.72. The zero-order valence-electron chi connectivity index (χ0n) is 5.27. The Morgan fingerprint density at radius 2 is 2.40 bits per heavy atom. The number of hydrogen-bond acceptors (Lipinski definition) is 2. The molecular weight excluding hydrogens is 309 g/mol. The number of aromatic nitrogens is 1. The van der Waals surface area contributed by atoms with Crippen LogP contribution in [0.4, 0.5) is 0 Å². The first-order chi connectivity index (χ1) is 4.74. The van der Waals surface area contributed by atoms with E-state index in [9.17, 15) is 0 Å². The number of ether oxygens (including phenoxy) is 1. The predicted octanol–water partition coefficient (Wildman–Crippen LogP) is 2.46. The SMILES string of the molecule is COc1ncc(Br)cc1I. The molecular formula is C6H5BrINO. The van der Waals surface area contributed by atoms with Gasteiger partial charge < -0.3 is 4.74 Å². The molecule has 0 aliphatic heterocycles. The van der Waals surface area contributed by atoms with Crippen LogP contribution in [-0.2, 0) is 0 Å². The molecule has 0 amide bonds. The zero-order chi connectivity index (χ0) is 7.56. The maximum absolute atomic E-state index is 4.96. The largest absolute Gasteiger partial charge is 0.480 e. The summed E-state index contributed by atoms with van der Waals surface area (Å²) >= 11 is 5.47. The molecule has 0 unspecified atom stereocenters. The lowest BCUT2D eigenvalue weighted by Gasteiger charge is -1.99. The van der Waals surface area contributed by atoms with Gasteiger partial charge in [0.1, 0.15) is 0 Å². The average Bonchev–Trinajstić information content (AvgIpc) is 1.88. The fourth-order valence-electron chi connectivity index (χ4n) is 0.552. The Labute approximate surface area is 81.3 Å². The lowest BCUT2D eigenvalue weighted by molar-refractivity contribution is 0.394. The fraction of sp³-hybridized carbons (Fsp3) is 0.167. The highest BCUT2D eigenvalue weighted by Crippen LogP contribution is 2.20. The molecule has 0 atom stereocenters. The monoisotopic (exact) mass is 313 g/mol. The minimum absolute atomic E-state index is 0.670. The van der Waals surface area contributed by atoms with Crippen LogP contribution in [0.5, 0.6) is 5.88 Å². The maximum atomic E-state index is 4.96. The van der Waals surface area contributed by atoms with Crippen molar-refractivity contribution in [3.05, 3.63) is 20.3 Å². The van der Waals surface area contributed by atoms with Crippen LogP contribution < -0.4 is 4.74 Å². The van der Waals surface area contributed by atoms with Crippen LogP contribution in [0.2, 0.25) is 0 Å². The summed E-state index contributed by atoms with van der Waals surface area (Å²) in [5.41, 5.74) is 0. The van der Waals surface area contributed by atoms with E-state index >= 15 is 0 Å². The number of rotatable bonds is 1. The van der Waals surface area contributed by atoms with E-state index in [1.807, 2.05) is 6.07 Å². The van der Waals surface area contributed by atoms with E-state index in [0.717, 1.165) is 8.04 Å². The molecule has 0 aliphatic carbocycles. The van der Waals surface area contributed by atoms with Crippen molar-refractivity contribution in [3.8, 4) is 5.88 Å². The molecule has 10 heavy (non-hydrogen) atoms. The maximum Gasteiger partial charge on any atom is 0.226 e.